The Kier molecular flexibility index (Phi) is 5.40. The summed E-state index contributed by atoms with van der Waals surface area (Å²) >= 11 is 0. The Balaban J connectivity index is 2.48. The van der Waals surface area contributed by atoms with E-state index in [1.807, 2.05) is 12.1 Å². The molecule has 0 fully saturated rings. The number of ketones is 1. The number of unbranched alkanes of at least 4 members (excludes halogenated alkanes) is 1. The topological polar surface area (TPSA) is 29.5 Å². The van der Waals surface area contributed by atoms with Crippen molar-refractivity contribution in [3.05, 3.63) is 28.8 Å². The van der Waals surface area contributed by atoms with E-state index in [0.717, 1.165) is 43.4 Å². The highest BCUT2D eigenvalue weighted by molar-refractivity contribution is 5.98. The van der Waals surface area contributed by atoms with Crippen LogP contribution >= 0.6 is 0 Å². The van der Waals surface area contributed by atoms with Crippen molar-refractivity contribution in [3.8, 4) is 5.75 Å². The molecule has 21 heavy (non-hydrogen) atoms. The molecule has 1 aliphatic carbocycles. The molecule has 0 saturated carbocycles. The highest BCUT2D eigenvalue weighted by atomic mass is 16.5. The summed E-state index contributed by atoms with van der Waals surface area (Å²) in [5, 5.41) is 0. The third-order valence-electron chi connectivity index (χ3n) is 4.45. The molecule has 0 spiro atoms. The average Bonchev–Trinajstić information content (AvgIpc) is 2.50. The van der Waals surface area contributed by atoms with E-state index in [-0.39, 0.29) is 5.78 Å². The number of hydrogen-bond acceptors (Lipinski definition) is 3. The lowest BCUT2D eigenvalue weighted by atomic mass is 9.81. The van der Waals surface area contributed by atoms with Gasteiger partial charge in [0.2, 0.25) is 0 Å². The third-order valence-corrected chi connectivity index (χ3v) is 4.45. The maximum atomic E-state index is 12.6. The van der Waals surface area contributed by atoms with Gasteiger partial charge in [0, 0.05) is 18.0 Å². The first-order chi connectivity index (χ1) is 10.1. The van der Waals surface area contributed by atoms with Gasteiger partial charge in [0.15, 0.2) is 5.78 Å². The first kappa shape index (κ1) is 16.0. The van der Waals surface area contributed by atoms with Crippen molar-refractivity contribution in [2.45, 2.75) is 51.5 Å². The molecule has 0 aliphatic heterocycles. The van der Waals surface area contributed by atoms with Gasteiger partial charge in [-0.05, 0) is 63.0 Å². The fourth-order valence-corrected chi connectivity index (χ4v) is 3.32. The number of fused-ring (bicyclic) bond motifs is 1. The Morgan fingerprint density at radius 3 is 2.76 bits per heavy atom. The molecular weight excluding hydrogens is 262 g/mol. The molecule has 1 aliphatic rings. The molecule has 0 heterocycles. The molecule has 116 valence electrons. The molecule has 0 aromatic heterocycles. The van der Waals surface area contributed by atoms with Gasteiger partial charge in [0.25, 0.3) is 0 Å². The van der Waals surface area contributed by atoms with E-state index in [2.05, 4.69) is 25.9 Å². The van der Waals surface area contributed by atoms with Gasteiger partial charge in [0.1, 0.15) is 5.75 Å². The average molecular weight is 289 g/mol. The highest BCUT2D eigenvalue weighted by Gasteiger charge is 2.29. The fraction of sp³-hybridized carbons (Fsp3) is 0.611. The Morgan fingerprint density at radius 1 is 1.38 bits per heavy atom. The molecule has 0 radical (unpaired) electrons. The highest BCUT2D eigenvalue weighted by Crippen LogP contribution is 2.40. The number of hydrogen-bond donors (Lipinski definition) is 0. The summed E-state index contributed by atoms with van der Waals surface area (Å²) in [4.78, 5) is 14.8. The van der Waals surface area contributed by atoms with E-state index >= 15 is 0 Å². The first-order valence-electron chi connectivity index (χ1n) is 7.99. The van der Waals surface area contributed by atoms with E-state index in [9.17, 15) is 4.79 Å². The quantitative estimate of drug-likeness (QED) is 0.741. The van der Waals surface area contributed by atoms with Crippen molar-refractivity contribution in [2.75, 3.05) is 21.2 Å². The standard InChI is InChI=1S/C18H27NO2/c1-5-6-10-16(20)13-11-12-17(21-4)14-8-7-9-15(18(13)14)19(2)3/h11-12,15H,5-10H2,1-4H3. The largest absolute Gasteiger partial charge is 0.496 e. The van der Waals surface area contributed by atoms with Crippen LogP contribution in [0.4, 0.5) is 0 Å². The normalized spacial score (nSPS) is 17.7. The monoisotopic (exact) mass is 289 g/mol. The summed E-state index contributed by atoms with van der Waals surface area (Å²) in [6, 6.07) is 4.26. The van der Waals surface area contributed by atoms with Crippen molar-refractivity contribution in [2.24, 2.45) is 0 Å². The van der Waals surface area contributed by atoms with E-state index in [4.69, 9.17) is 4.74 Å². The second-order valence-corrected chi connectivity index (χ2v) is 6.11. The summed E-state index contributed by atoms with van der Waals surface area (Å²) in [5.41, 5.74) is 3.37. The van der Waals surface area contributed by atoms with Gasteiger partial charge in [0.05, 0.1) is 7.11 Å². The van der Waals surface area contributed by atoms with Gasteiger partial charge in [-0.25, -0.2) is 0 Å². The number of nitrogens with zero attached hydrogens (tertiary/aromatic N) is 1. The molecule has 2 rings (SSSR count). The van der Waals surface area contributed by atoms with E-state index in [1.54, 1.807) is 7.11 Å². The van der Waals surface area contributed by atoms with Crippen LogP contribution in [0.5, 0.6) is 5.75 Å². The maximum absolute atomic E-state index is 12.6. The van der Waals surface area contributed by atoms with Crippen molar-refractivity contribution in [3.63, 3.8) is 0 Å². The Labute approximate surface area is 128 Å². The van der Waals surface area contributed by atoms with Crippen molar-refractivity contribution < 1.29 is 9.53 Å². The molecule has 0 amide bonds. The summed E-state index contributed by atoms with van der Waals surface area (Å²) in [5.74, 6) is 1.22. The number of carbonyl (C=O) groups excluding carboxylic acids is 1. The third kappa shape index (κ3) is 3.29. The number of ether oxygens (including phenoxy) is 1. The molecule has 0 bridgehead atoms. The Hall–Kier alpha value is -1.35. The minimum absolute atomic E-state index is 0.282. The van der Waals surface area contributed by atoms with Gasteiger partial charge in [-0.2, -0.15) is 0 Å². The summed E-state index contributed by atoms with van der Waals surface area (Å²) in [7, 11) is 5.91. The fourth-order valence-electron chi connectivity index (χ4n) is 3.32. The summed E-state index contributed by atoms with van der Waals surface area (Å²) in [6.45, 7) is 2.12. The van der Waals surface area contributed by atoms with Gasteiger partial charge in [-0.1, -0.05) is 13.3 Å². The van der Waals surface area contributed by atoms with E-state index in [0.29, 0.717) is 12.5 Å². The molecule has 0 N–H and O–H groups in total. The second kappa shape index (κ2) is 7.08. The molecule has 3 nitrogen and oxygen atoms in total. The number of methoxy groups -OCH3 is 1. The Bertz CT molecular complexity index is 508. The van der Waals surface area contributed by atoms with Gasteiger partial charge >= 0.3 is 0 Å². The molecule has 1 aromatic rings. The van der Waals surface area contributed by atoms with Crippen molar-refractivity contribution >= 4 is 5.78 Å². The van der Waals surface area contributed by atoms with Crippen molar-refractivity contribution in [1.82, 2.24) is 4.90 Å². The zero-order valence-corrected chi connectivity index (χ0v) is 13.7. The van der Waals surface area contributed by atoms with Gasteiger partial charge < -0.3 is 9.64 Å². The summed E-state index contributed by atoms with van der Waals surface area (Å²) < 4.78 is 5.53. The van der Waals surface area contributed by atoms with Crippen LogP contribution in [0.25, 0.3) is 0 Å². The van der Waals surface area contributed by atoms with Crippen LogP contribution in [0.1, 0.15) is 66.6 Å². The maximum Gasteiger partial charge on any atom is 0.163 e. The zero-order valence-electron chi connectivity index (χ0n) is 13.7. The smallest absolute Gasteiger partial charge is 0.163 e. The zero-order chi connectivity index (χ0) is 15.4. The molecule has 1 atom stereocenters. The number of rotatable bonds is 6. The molecule has 1 unspecified atom stereocenters. The summed E-state index contributed by atoms with van der Waals surface area (Å²) in [6.07, 6.45) is 5.95. The van der Waals surface area contributed by atoms with Crippen LogP contribution in [-0.4, -0.2) is 31.9 Å². The minimum atomic E-state index is 0.282. The van der Waals surface area contributed by atoms with Crippen LogP contribution in [0.15, 0.2) is 12.1 Å². The molecule has 3 heteroatoms. The lowest BCUT2D eigenvalue weighted by Gasteiger charge is -2.33. The van der Waals surface area contributed by atoms with Gasteiger partial charge in [-0.3, -0.25) is 4.79 Å². The first-order valence-corrected chi connectivity index (χ1v) is 7.99. The molecular formula is C18H27NO2. The van der Waals surface area contributed by atoms with Crippen LogP contribution in [0, 0.1) is 0 Å². The van der Waals surface area contributed by atoms with Crippen LogP contribution in [0.3, 0.4) is 0 Å². The predicted octanol–water partition coefficient (Wildman–Crippen LogP) is 4.01. The Morgan fingerprint density at radius 2 is 2.14 bits per heavy atom. The van der Waals surface area contributed by atoms with Crippen LogP contribution in [-0.2, 0) is 6.42 Å². The number of carbonyl (C=O) groups is 1. The SMILES string of the molecule is CCCCC(=O)c1ccc(OC)c2c1C(N(C)C)CCC2. The number of Topliss-reactive ketones (excluding diaryl/α,β-unsaturated/α-hetero) is 1. The number of benzene rings is 1. The van der Waals surface area contributed by atoms with E-state index in [1.165, 1.54) is 11.1 Å². The predicted molar refractivity (Wildman–Crippen MR) is 86.2 cm³/mol. The van der Waals surface area contributed by atoms with Crippen LogP contribution < -0.4 is 4.74 Å². The van der Waals surface area contributed by atoms with E-state index < -0.39 is 0 Å². The van der Waals surface area contributed by atoms with Crippen molar-refractivity contribution in [1.29, 1.82) is 0 Å². The lowest BCUT2D eigenvalue weighted by Crippen LogP contribution is -2.27. The molecule has 1 aromatic carbocycles. The second-order valence-electron chi connectivity index (χ2n) is 6.11. The lowest BCUT2D eigenvalue weighted by molar-refractivity contribution is 0.0976. The molecule has 0 saturated heterocycles. The van der Waals surface area contributed by atoms with Crippen LogP contribution in [0.2, 0.25) is 0 Å². The van der Waals surface area contributed by atoms with Gasteiger partial charge in [-0.15, -0.1) is 0 Å². The minimum Gasteiger partial charge on any atom is -0.496 e.